The first-order valence-corrected chi connectivity index (χ1v) is 10.4. The van der Waals surface area contributed by atoms with Gasteiger partial charge in [-0.15, -0.1) is 0 Å². The number of rotatable bonds is 8. The third-order valence-electron chi connectivity index (χ3n) is 5.83. The molecule has 31 heavy (non-hydrogen) atoms. The predicted molar refractivity (Wildman–Crippen MR) is 108 cm³/mol. The van der Waals surface area contributed by atoms with Crippen molar-refractivity contribution in [1.29, 1.82) is 0 Å². The van der Waals surface area contributed by atoms with Crippen LogP contribution in [0.3, 0.4) is 0 Å². The number of anilines is 1. The third-order valence-corrected chi connectivity index (χ3v) is 5.83. The van der Waals surface area contributed by atoms with Crippen molar-refractivity contribution in [1.82, 2.24) is 29.0 Å². The molecule has 2 aliphatic rings. The molecule has 5 rings (SSSR count). The van der Waals surface area contributed by atoms with E-state index in [4.69, 9.17) is 4.74 Å². The quantitative estimate of drug-likeness (QED) is 0.590. The van der Waals surface area contributed by atoms with Gasteiger partial charge in [0.15, 0.2) is 17.2 Å². The van der Waals surface area contributed by atoms with Crippen molar-refractivity contribution in [2.75, 3.05) is 25.0 Å². The SMILES string of the molecule is CCN1CC[C@@H]1COc1cnn(C(F)F)c1-c1cn2cc(NC(=O)C3CC3)nc2cn1. The van der Waals surface area contributed by atoms with Crippen LogP contribution in [-0.2, 0) is 4.79 Å². The minimum atomic E-state index is -2.84. The van der Waals surface area contributed by atoms with Crippen LogP contribution in [0.5, 0.6) is 5.75 Å². The van der Waals surface area contributed by atoms with Gasteiger partial charge in [-0.1, -0.05) is 6.92 Å². The van der Waals surface area contributed by atoms with Gasteiger partial charge in [0.2, 0.25) is 5.91 Å². The second kappa shape index (κ2) is 7.88. The van der Waals surface area contributed by atoms with E-state index < -0.39 is 6.55 Å². The number of aromatic nitrogens is 5. The van der Waals surface area contributed by atoms with Crippen LogP contribution < -0.4 is 10.1 Å². The molecule has 1 aliphatic heterocycles. The van der Waals surface area contributed by atoms with Crippen molar-refractivity contribution in [2.24, 2.45) is 5.92 Å². The molecule has 0 bridgehead atoms. The summed E-state index contributed by atoms with van der Waals surface area (Å²) < 4.78 is 35.3. The summed E-state index contributed by atoms with van der Waals surface area (Å²) in [6.45, 7) is 1.59. The Morgan fingerprint density at radius 3 is 2.81 bits per heavy atom. The number of likely N-dealkylation sites (tertiary alicyclic amines) is 1. The van der Waals surface area contributed by atoms with E-state index in [0.717, 1.165) is 32.4 Å². The maximum absolute atomic E-state index is 13.6. The van der Waals surface area contributed by atoms with Gasteiger partial charge in [-0.3, -0.25) is 9.69 Å². The van der Waals surface area contributed by atoms with Crippen LogP contribution in [-0.4, -0.2) is 60.7 Å². The minimum Gasteiger partial charge on any atom is -0.488 e. The lowest BCUT2D eigenvalue weighted by molar-refractivity contribution is -0.117. The van der Waals surface area contributed by atoms with E-state index in [9.17, 15) is 13.6 Å². The molecule has 1 saturated carbocycles. The molecule has 2 fully saturated rings. The van der Waals surface area contributed by atoms with Crippen LogP contribution in [0.25, 0.3) is 17.0 Å². The molecule has 1 atom stereocenters. The zero-order chi connectivity index (χ0) is 21.5. The van der Waals surface area contributed by atoms with Gasteiger partial charge in [-0.05, 0) is 25.8 Å². The Balaban J connectivity index is 1.42. The summed E-state index contributed by atoms with van der Waals surface area (Å²) in [4.78, 5) is 22.9. The Bertz CT molecular complexity index is 1110. The standard InChI is InChI=1S/C20H23F2N7O2/c1-2-27-6-5-13(27)11-31-15-7-24-29(20(21)22)18(15)14-9-28-10-16(25-17(28)8-23-14)26-19(30)12-3-4-12/h7-10,12-13,20H,2-6,11H2,1H3,(H,26,30)/t13-/m1/s1. The molecule has 1 N–H and O–H groups in total. The zero-order valence-electron chi connectivity index (χ0n) is 17.0. The largest absolute Gasteiger partial charge is 0.488 e. The average molecular weight is 431 g/mol. The predicted octanol–water partition coefficient (Wildman–Crippen LogP) is 2.81. The van der Waals surface area contributed by atoms with Crippen LogP contribution in [0.2, 0.25) is 0 Å². The number of hydrogen-bond donors (Lipinski definition) is 1. The molecule has 11 heteroatoms. The molecule has 1 amide bonds. The van der Waals surface area contributed by atoms with E-state index in [1.54, 1.807) is 16.8 Å². The van der Waals surface area contributed by atoms with E-state index in [2.05, 4.69) is 32.2 Å². The molecule has 4 heterocycles. The van der Waals surface area contributed by atoms with Gasteiger partial charge in [-0.2, -0.15) is 18.6 Å². The van der Waals surface area contributed by atoms with E-state index in [-0.39, 0.29) is 35.0 Å². The first-order valence-electron chi connectivity index (χ1n) is 10.4. The monoisotopic (exact) mass is 431 g/mol. The first-order chi connectivity index (χ1) is 15.0. The number of fused-ring (bicyclic) bond motifs is 1. The molecule has 0 aromatic carbocycles. The summed E-state index contributed by atoms with van der Waals surface area (Å²) in [6, 6.07) is 0.273. The molecule has 0 unspecified atom stereocenters. The lowest BCUT2D eigenvalue weighted by Gasteiger charge is -2.39. The van der Waals surface area contributed by atoms with Crippen LogP contribution in [0.15, 0.2) is 24.8 Å². The lowest BCUT2D eigenvalue weighted by atomic mass is 10.0. The summed E-state index contributed by atoms with van der Waals surface area (Å²) in [6.07, 6.45) is 8.79. The Labute approximate surface area is 177 Å². The first kappa shape index (κ1) is 19.9. The van der Waals surface area contributed by atoms with Gasteiger partial charge in [-0.25, -0.2) is 9.97 Å². The number of imidazole rings is 1. The van der Waals surface area contributed by atoms with Crippen molar-refractivity contribution in [2.45, 2.75) is 38.8 Å². The number of halogens is 2. The molecule has 0 radical (unpaired) electrons. The summed E-state index contributed by atoms with van der Waals surface area (Å²) in [5, 5.41) is 6.59. The van der Waals surface area contributed by atoms with Gasteiger partial charge >= 0.3 is 6.55 Å². The fourth-order valence-electron chi connectivity index (χ4n) is 3.78. The fourth-order valence-corrected chi connectivity index (χ4v) is 3.78. The second-order valence-corrected chi connectivity index (χ2v) is 7.89. The Hall–Kier alpha value is -3.08. The summed E-state index contributed by atoms with van der Waals surface area (Å²) in [7, 11) is 0. The van der Waals surface area contributed by atoms with Crippen molar-refractivity contribution in [3.8, 4) is 17.1 Å². The van der Waals surface area contributed by atoms with Crippen molar-refractivity contribution < 1.29 is 18.3 Å². The molecule has 0 spiro atoms. The molecular formula is C20H23F2N7O2. The van der Waals surface area contributed by atoms with E-state index in [1.165, 1.54) is 12.4 Å². The number of carbonyl (C=O) groups is 1. The van der Waals surface area contributed by atoms with Crippen molar-refractivity contribution in [3.63, 3.8) is 0 Å². The third kappa shape index (κ3) is 3.85. The van der Waals surface area contributed by atoms with Crippen LogP contribution >= 0.6 is 0 Å². The number of alkyl halides is 2. The summed E-state index contributed by atoms with van der Waals surface area (Å²) >= 11 is 0. The number of carbonyl (C=O) groups excluding carboxylic acids is 1. The van der Waals surface area contributed by atoms with Crippen molar-refractivity contribution >= 4 is 17.4 Å². The second-order valence-electron chi connectivity index (χ2n) is 7.89. The van der Waals surface area contributed by atoms with Crippen molar-refractivity contribution in [3.05, 3.63) is 24.8 Å². The minimum absolute atomic E-state index is 0.0536. The van der Waals surface area contributed by atoms with Crippen LogP contribution in [0, 0.1) is 5.92 Å². The van der Waals surface area contributed by atoms with E-state index >= 15 is 0 Å². The number of hydrogen-bond acceptors (Lipinski definition) is 6. The summed E-state index contributed by atoms with van der Waals surface area (Å²) in [5.41, 5.74) is 0.878. The number of nitrogens with one attached hydrogen (secondary N) is 1. The summed E-state index contributed by atoms with van der Waals surface area (Å²) in [5.74, 6) is 0.662. The molecule has 9 nitrogen and oxygen atoms in total. The highest BCUT2D eigenvalue weighted by Gasteiger charge is 2.30. The molecule has 3 aromatic rings. The zero-order valence-corrected chi connectivity index (χ0v) is 17.0. The smallest absolute Gasteiger partial charge is 0.333 e. The lowest BCUT2D eigenvalue weighted by Crippen LogP contribution is -2.50. The number of amides is 1. The van der Waals surface area contributed by atoms with E-state index in [1.807, 2.05) is 0 Å². The molecule has 164 valence electrons. The molecule has 3 aromatic heterocycles. The highest BCUT2D eigenvalue weighted by atomic mass is 19.3. The highest BCUT2D eigenvalue weighted by molar-refractivity contribution is 5.93. The van der Waals surface area contributed by atoms with Gasteiger partial charge in [0.25, 0.3) is 0 Å². The fraction of sp³-hybridized carbons (Fsp3) is 0.500. The Morgan fingerprint density at radius 1 is 1.29 bits per heavy atom. The normalized spacial score (nSPS) is 19.0. The van der Waals surface area contributed by atoms with Gasteiger partial charge in [0, 0.05) is 24.7 Å². The molecular weight excluding hydrogens is 408 g/mol. The Kier molecular flexibility index (Phi) is 5.05. The number of nitrogens with zero attached hydrogens (tertiary/aromatic N) is 6. The molecule has 1 saturated heterocycles. The maximum atomic E-state index is 13.6. The van der Waals surface area contributed by atoms with E-state index in [0.29, 0.717) is 22.8 Å². The van der Waals surface area contributed by atoms with Gasteiger partial charge in [0.1, 0.15) is 18.0 Å². The number of likely N-dealkylation sites (N-methyl/N-ethyl adjacent to an activating group) is 1. The van der Waals surface area contributed by atoms with Gasteiger partial charge < -0.3 is 14.5 Å². The van der Waals surface area contributed by atoms with Crippen LogP contribution in [0.4, 0.5) is 14.6 Å². The molecule has 1 aliphatic carbocycles. The topological polar surface area (TPSA) is 89.6 Å². The average Bonchev–Trinajstić information content (AvgIpc) is 3.37. The highest BCUT2D eigenvalue weighted by Crippen LogP contribution is 2.33. The number of ether oxygens (including phenoxy) is 1. The maximum Gasteiger partial charge on any atom is 0.333 e. The van der Waals surface area contributed by atoms with Crippen LogP contribution in [0.1, 0.15) is 32.7 Å². The Morgan fingerprint density at radius 2 is 2.13 bits per heavy atom. The van der Waals surface area contributed by atoms with Gasteiger partial charge in [0.05, 0.1) is 18.6 Å².